The summed E-state index contributed by atoms with van der Waals surface area (Å²) in [5, 5.41) is 20.5. The quantitative estimate of drug-likeness (QED) is 0.856. The van der Waals surface area contributed by atoms with Crippen molar-refractivity contribution in [2.45, 2.75) is 56.1 Å². The van der Waals surface area contributed by atoms with Crippen LogP contribution in [0.25, 0.3) is 0 Å². The van der Waals surface area contributed by atoms with Crippen LogP contribution in [-0.2, 0) is 10.2 Å². The predicted octanol–water partition coefficient (Wildman–Crippen LogP) is 2.47. The smallest absolute Gasteiger partial charge is 0.223 e. The van der Waals surface area contributed by atoms with Crippen molar-refractivity contribution in [1.82, 2.24) is 4.90 Å². The molecule has 0 atom stereocenters. The van der Waals surface area contributed by atoms with Gasteiger partial charge >= 0.3 is 0 Å². The number of aliphatic hydroxyl groups is 2. The Morgan fingerprint density at radius 3 is 2.07 bits per heavy atom. The molecule has 0 unspecified atom stereocenters. The molecule has 4 nitrogen and oxygen atoms in total. The number of hydrogen-bond donors (Lipinski definition) is 2. The molecule has 4 bridgehead atoms. The molecule has 146 valence electrons. The lowest BCUT2D eigenvalue weighted by Crippen LogP contribution is -2.65. The summed E-state index contributed by atoms with van der Waals surface area (Å²) in [4.78, 5) is 14.8. The molecule has 1 saturated heterocycles. The fourth-order valence-electron chi connectivity index (χ4n) is 6.86. The minimum atomic E-state index is -0.590. The van der Waals surface area contributed by atoms with Crippen LogP contribution in [0.2, 0.25) is 0 Å². The summed E-state index contributed by atoms with van der Waals surface area (Å²) < 4.78 is 13.6. The highest BCUT2D eigenvalue weighted by molar-refractivity contribution is 5.79. The Hall–Kier alpha value is -1.46. The standard InChI is InChI=1S/C22H28FNO3/c1-21(27)14-6-16-8-15(21)9-17(7-14)22(16,13-2-4-18(23)5-3-13)10-20(26)24-11-19(25)12-24/h2-5,14-17,19,25,27H,6-12H2,1H3. The Kier molecular flexibility index (Phi) is 3.77. The zero-order valence-electron chi connectivity index (χ0n) is 15.8. The maximum atomic E-state index is 13.6. The van der Waals surface area contributed by atoms with Crippen molar-refractivity contribution in [2.75, 3.05) is 13.1 Å². The molecular weight excluding hydrogens is 345 g/mol. The van der Waals surface area contributed by atoms with E-state index < -0.39 is 11.7 Å². The maximum Gasteiger partial charge on any atom is 0.223 e. The lowest BCUT2D eigenvalue weighted by Gasteiger charge is -2.66. The third-order valence-electron chi connectivity index (χ3n) is 8.43. The number of β-amino-alcohol motifs (C(OH)–C–C–N with tert-alkyl or cyclic N) is 1. The normalized spacial score (nSPS) is 43.0. The van der Waals surface area contributed by atoms with Crippen LogP contribution in [0.15, 0.2) is 24.3 Å². The van der Waals surface area contributed by atoms with E-state index in [0.717, 1.165) is 31.2 Å². The number of aliphatic hydroxyl groups excluding tert-OH is 1. The van der Waals surface area contributed by atoms with E-state index in [-0.39, 0.29) is 17.1 Å². The van der Waals surface area contributed by atoms with Crippen LogP contribution in [0, 0.1) is 29.5 Å². The number of carbonyl (C=O) groups is 1. The Labute approximate surface area is 159 Å². The topological polar surface area (TPSA) is 60.8 Å². The second-order valence-electron chi connectivity index (χ2n) is 9.63. The molecule has 2 N–H and O–H groups in total. The molecule has 1 aliphatic heterocycles. The summed E-state index contributed by atoms with van der Waals surface area (Å²) in [5.41, 5.74) is 0.217. The molecule has 1 amide bonds. The molecule has 27 heavy (non-hydrogen) atoms. The summed E-state index contributed by atoms with van der Waals surface area (Å²) in [7, 11) is 0. The molecule has 0 radical (unpaired) electrons. The largest absolute Gasteiger partial charge is 0.390 e. The van der Waals surface area contributed by atoms with Crippen LogP contribution in [0.3, 0.4) is 0 Å². The monoisotopic (exact) mass is 373 g/mol. The highest BCUT2D eigenvalue weighted by atomic mass is 19.1. The number of halogens is 1. The lowest BCUT2D eigenvalue weighted by atomic mass is 9.40. The molecule has 1 aromatic rings. The van der Waals surface area contributed by atoms with E-state index in [1.54, 1.807) is 4.90 Å². The van der Waals surface area contributed by atoms with Gasteiger partial charge in [0.2, 0.25) is 5.91 Å². The van der Waals surface area contributed by atoms with Gasteiger partial charge in [0.05, 0.1) is 11.7 Å². The summed E-state index contributed by atoms with van der Waals surface area (Å²) in [5.74, 6) is 1.15. The van der Waals surface area contributed by atoms with Crippen LogP contribution in [0.1, 0.15) is 44.6 Å². The summed E-state index contributed by atoms with van der Waals surface area (Å²) in [6.07, 6.45) is 3.79. The van der Waals surface area contributed by atoms with Crippen molar-refractivity contribution < 1.29 is 19.4 Å². The van der Waals surface area contributed by atoms with Gasteiger partial charge in [-0.05, 0) is 74.0 Å². The number of carbonyl (C=O) groups excluding carboxylic acids is 1. The first-order valence-electron chi connectivity index (χ1n) is 10.2. The molecule has 6 rings (SSSR count). The van der Waals surface area contributed by atoms with E-state index in [9.17, 15) is 19.4 Å². The average molecular weight is 373 g/mol. The molecule has 5 fully saturated rings. The van der Waals surface area contributed by atoms with E-state index in [2.05, 4.69) is 0 Å². The SMILES string of the molecule is CC1(O)C2CC3CC1CC(C2)C3(CC(=O)N1CC(O)C1)c1ccc(F)cc1. The van der Waals surface area contributed by atoms with Gasteiger partial charge in [0.1, 0.15) is 5.82 Å². The van der Waals surface area contributed by atoms with Crippen molar-refractivity contribution in [3.05, 3.63) is 35.6 Å². The zero-order chi connectivity index (χ0) is 19.0. The number of nitrogens with zero attached hydrogens (tertiary/aromatic N) is 1. The molecule has 5 aliphatic rings. The summed E-state index contributed by atoms with van der Waals surface area (Å²) in [6.45, 7) is 2.84. The molecule has 0 spiro atoms. The number of amides is 1. The van der Waals surface area contributed by atoms with E-state index in [1.807, 2.05) is 19.1 Å². The zero-order valence-corrected chi connectivity index (χ0v) is 15.8. The molecule has 4 saturated carbocycles. The van der Waals surface area contributed by atoms with Gasteiger partial charge < -0.3 is 15.1 Å². The Bertz CT molecular complexity index is 721. The molecular formula is C22H28FNO3. The van der Waals surface area contributed by atoms with Crippen molar-refractivity contribution >= 4 is 5.91 Å². The van der Waals surface area contributed by atoms with Crippen LogP contribution in [0.5, 0.6) is 0 Å². The number of rotatable bonds is 3. The van der Waals surface area contributed by atoms with E-state index >= 15 is 0 Å². The van der Waals surface area contributed by atoms with Crippen molar-refractivity contribution in [2.24, 2.45) is 23.7 Å². The average Bonchev–Trinajstić information content (AvgIpc) is 2.57. The van der Waals surface area contributed by atoms with Crippen molar-refractivity contribution in [3.8, 4) is 0 Å². The minimum Gasteiger partial charge on any atom is -0.390 e. The maximum absolute atomic E-state index is 13.6. The van der Waals surface area contributed by atoms with Crippen LogP contribution in [-0.4, -0.2) is 45.8 Å². The molecule has 0 aromatic heterocycles. The molecule has 1 aromatic carbocycles. The summed E-state index contributed by atoms with van der Waals surface area (Å²) in [6, 6.07) is 6.76. The second-order valence-corrected chi connectivity index (χ2v) is 9.63. The minimum absolute atomic E-state index is 0.101. The van der Waals surface area contributed by atoms with Crippen molar-refractivity contribution in [1.29, 1.82) is 0 Å². The Morgan fingerprint density at radius 1 is 1.07 bits per heavy atom. The van der Waals surface area contributed by atoms with Gasteiger partial charge in [-0.15, -0.1) is 0 Å². The fraction of sp³-hybridized carbons (Fsp3) is 0.682. The second kappa shape index (κ2) is 5.77. The van der Waals surface area contributed by atoms with Gasteiger partial charge in [0.25, 0.3) is 0 Å². The Balaban J connectivity index is 1.52. The van der Waals surface area contributed by atoms with Crippen LogP contribution in [0.4, 0.5) is 4.39 Å². The van der Waals surface area contributed by atoms with Gasteiger partial charge in [0, 0.05) is 24.9 Å². The number of benzene rings is 1. The number of likely N-dealkylation sites (tertiary alicyclic amines) is 1. The van der Waals surface area contributed by atoms with Gasteiger partial charge in [-0.3, -0.25) is 4.79 Å². The molecule has 5 heteroatoms. The summed E-state index contributed by atoms with van der Waals surface area (Å²) >= 11 is 0. The van der Waals surface area contributed by atoms with E-state index in [0.29, 0.717) is 43.2 Å². The fourth-order valence-corrected chi connectivity index (χ4v) is 6.86. The Morgan fingerprint density at radius 2 is 1.59 bits per heavy atom. The highest BCUT2D eigenvalue weighted by Gasteiger charge is 2.64. The number of hydrogen-bond acceptors (Lipinski definition) is 3. The van der Waals surface area contributed by atoms with Crippen LogP contribution >= 0.6 is 0 Å². The van der Waals surface area contributed by atoms with Gasteiger partial charge in [-0.25, -0.2) is 4.39 Å². The van der Waals surface area contributed by atoms with Crippen molar-refractivity contribution in [3.63, 3.8) is 0 Å². The van der Waals surface area contributed by atoms with Gasteiger partial charge in [-0.1, -0.05) is 12.1 Å². The molecule has 1 heterocycles. The van der Waals surface area contributed by atoms with Gasteiger partial charge in [-0.2, -0.15) is 0 Å². The molecule has 4 aliphatic carbocycles. The highest BCUT2D eigenvalue weighted by Crippen LogP contribution is 2.66. The first-order valence-corrected chi connectivity index (χ1v) is 10.2. The van der Waals surface area contributed by atoms with E-state index in [1.165, 1.54) is 12.1 Å². The van der Waals surface area contributed by atoms with Crippen LogP contribution < -0.4 is 0 Å². The predicted molar refractivity (Wildman–Crippen MR) is 98.3 cm³/mol. The lowest BCUT2D eigenvalue weighted by molar-refractivity contribution is -0.195. The third kappa shape index (κ3) is 2.44. The van der Waals surface area contributed by atoms with Gasteiger partial charge in [0.15, 0.2) is 0 Å². The third-order valence-corrected chi connectivity index (χ3v) is 8.43. The first-order chi connectivity index (χ1) is 12.8. The first kappa shape index (κ1) is 17.6. The van der Waals surface area contributed by atoms with E-state index in [4.69, 9.17) is 0 Å².